The second kappa shape index (κ2) is 11.6. The Balaban J connectivity index is 1.68. The molecule has 2 N–H and O–H groups in total. The first kappa shape index (κ1) is 30.1. The molecule has 0 saturated carbocycles. The minimum Gasteiger partial charge on any atom is -0.495 e. The van der Waals surface area contributed by atoms with E-state index in [4.69, 9.17) is 4.74 Å². The van der Waals surface area contributed by atoms with E-state index < -0.39 is 33.6 Å². The summed E-state index contributed by atoms with van der Waals surface area (Å²) in [6.45, 7) is 1.63. The summed E-state index contributed by atoms with van der Waals surface area (Å²) < 4.78 is 98.8. The van der Waals surface area contributed by atoms with Crippen molar-refractivity contribution in [2.45, 2.75) is 31.9 Å². The van der Waals surface area contributed by atoms with Crippen LogP contribution in [0.5, 0.6) is 5.75 Å². The van der Waals surface area contributed by atoms with Crippen molar-refractivity contribution in [3.63, 3.8) is 0 Å². The van der Waals surface area contributed by atoms with Crippen molar-refractivity contribution in [1.29, 1.82) is 0 Å². The molecule has 3 aromatic carbocycles. The zero-order chi connectivity index (χ0) is 30.0. The topological polar surface area (TPSA) is 87.7 Å². The second-order valence-corrected chi connectivity index (χ2v) is 11.5. The predicted molar refractivity (Wildman–Crippen MR) is 147 cm³/mol. The molecular weight excluding hydrogens is 569 g/mol. The molecule has 1 heterocycles. The van der Waals surface area contributed by atoms with E-state index in [-0.39, 0.29) is 54.1 Å². The molecule has 0 aromatic heterocycles. The zero-order valence-corrected chi connectivity index (χ0v) is 23.0. The number of alkyl halides is 5. The summed E-state index contributed by atoms with van der Waals surface area (Å²) >= 11 is 0. The van der Waals surface area contributed by atoms with Crippen LogP contribution in [0.25, 0.3) is 11.1 Å². The maximum atomic E-state index is 13.7. The molecule has 0 unspecified atom stereocenters. The molecule has 0 radical (unpaired) electrons. The maximum Gasteiger partial charge on any atom is 0.416 e. The van der Waals surface area contributed by atoms with Crippen LogP contribution in [0.4, 0.5) is 39.0 Å². The number of nitrogens with one attached hydrogen (secondary N) is 2. The van der Waals surface area contributed by atoms with E-state index in [1.54, 1.807) is 23.1 Å². The number of halogens is 5. The normalized spacial score (nSPS) is 15.3. The lowest BCUT2D eigenvalue weighted by Crippen LogP contribution is -2.39. The van der Waals surface area contributed by atoms with Gasteiger partial charge < -0.3 is 15.0 Å². The molecule has 1 saturated heterocycles. The third-order valence-electron chi connectivity index (χ3n) is 6.71. The molecule has 0 atom stereocenters. The lowest BCUT2D eigenvalue weighted by atomic mass is 9.97. The van der Waals surface area contributed by atoms with Gasteiger partial charge in [0, 0.05) is 42.9 Å². The highest BCUT2D eigenvalue weighted by molar-refractivity contribution is 7.92. The molecule has 1 amide bonds. The van der Waals surface area contributed by atoms with Crippen LogP contribution >= 0.6 is 0 Å². The summed E-state index contributed by atoms with van der Waals surface area (Å²) in [6, 6.07) is 13.0. The fourth-order valence-electron chi connectivity index (χ4n) is 4.42. The van der Waals surface area contributed by atoms with Gasteiger partial charge in [-0.2, -0.15) is 13.2 Å². The SMILES string of the molecule is CCS(=O)(=O)Nc1ccc(C(=O)Nc2ccc(OC)c(N3CCC(F)(F)CC3)c2)c(-c2ccc(C(F)(F)F)cc2)c1. The van der Waals surface area contributed by atoms with Crippen LogP contribution in [-0.4, -0.2) is 46.2 Å². The lowest BCUT2D eigenvalue weighted by molar-refractivity contribution is -0.137. The summed E-state index contributed by atoms with van der Waals surface area (Å²) in [5, 5.41) is 2.74. The zero-order valence-electron chi connectivity index (χ0n) is 22.2. The largest absolute Gasteiger partial charge is 0.495 e. The van der Waals surface area contributed by atoms with E-state index in [0.717, 1.165) is 12.1 Å². The highest BCUT2D eigenvalue weighted by Crippen LogP contribution is 2.37. The Morgan fingerprint density at radius 1 is 0.976 bits per heavy atom. The van der Waals surface area contributed by atoms with Gasteiger partial charge in [-0.3, -0.25) is 9.52 Å². The highest BCUT2D eigenvalue weighted by Gasteiger charge is 2.35. The number of nitrogens with zero attached hydrogens (tertiary/aromatic N) is 1. The van der Waals surface area contributed by atoms with Gasteiger partial charge in [0.15, 0.2) is 0 Å². The number of carbonyl (C=O) groups excluding carboxylic acids is 1. The lowest BCUT2D eigenvalue weighted by Gasteiger charge is -2.34. The van der Waals surface area contributed by atoms with Gasteiger partial charge in [0.25, 0.3) is 11.8 Å². The smallest absolute Gasteiger partial charge is 0.416 e. The van der Waals surface area contributed by atoms with E-state index in [1.165, 1.54) is 44.4 Å². The Morgan fingerprint density at radius 2 is 1.61 bits per heavy atom. The number of anilines is 3. The van der Waals surface area contributed by atoms with Crippen LogP contribution in [0.3, 0.4) is 0 Å². The Bertz CT molecular complexity index is 1520. The standard InChI is InChI=1S/C28H28F5N3O4S/c1-3-41(38,39)35-21-8-10-22(23(16-21)18-4-6-19(7-5-18)28(31,32)33)26(37)34-20-9-11-25(40-2)24(17-20)36-14-12-27(29,30)13-15-36/h4-11,16-17,35H,3,12-15H2,1-2H3,(H,34,37). The quantitative estimate of drug-likeness (QED) is 0.285. The molecule has 7 nitrogen and oxygen atoms in total. The molecule has 220 valence electrons. The summed E-state index contributed by atoms with van der Waals surface area (Å²) in [7, 11) is -2.23. The third kappa shape index (κ3) is 7.26. The number of rotatable bonds is 8. The predicted octanol–water partition coefficient (Wildman–Crippen LogP) is 6.63. The van der Waals surface area contributed by atoms with Crippen molar-refractivity contribution in [3.8, 4) is 16.9 Å². The number of benzene rings is 3. The first-order chi connectivity index (χ1) is 19.2. The Labute approximate surface area is 234 Å². The average Bonchev–Trinajstić information content (AvgIpc) is 2.92. The van der Waals surface area contributed by atoms with Crippen molar-refractivity contribution >= 4 is 33.0 Å². The van der Waals surface area contributed by atoms with Gasteiger partial charge >= 0.3 is 6.18 Å². The van der Waals surface area contributed by atoms with E-state index in [1.807, 2.05) is 0 Å². The number of sulfonamides is 1. The number of hydrogen-bond donors (Lipinski definition) is 2. The van der Waals surface area contributed by atoms with Crippen LogP contribution in [0.15, 0.2) is 60.7 Å². The second-order valence-electron chi connectivity index (χ2n) is 9.52. The van der Waals surface area contributed by atoms with Gasteiger partial charge in [-0.05, 0) is 66.6 Å². The fraction of sp³-hybridized carbons (Fsp3) is 0.321. The van der Waals surface area contributed by atoms with Crippen molar-refractivity contribution in [2.24, 2.45) is 0 Å². The minimum atomic E-state index is -4.56. The Hall–Kier alpha value is -3.87. The van der Waals surface area contributed by atoms with Crippen LogP contribution < -0.4 is 19.7 Å². The molecule has 0 bridgehead atoms. The van der Waals surface area contributed by atoms with Crippen LogP contribution in [-0.2, 0) is 16.2 Å². The highest BCUT2D eigenvalue weighted by atomic mass is 32.2. The minimum absolute atomic E-state index is 0.0687. The first-order valence-corrected chi connectivity index (χ1v) is 14.3. The molecule has 0 spiro atoms. The monoisotopic (exact) mass is 597 g/mol. The molecule has 13 heteroatoms. The Morgan fingerprint density at radius 3 is 2.20 bits per heavy atom. The van der Waals surface area contributed by atoms with Crippen molar-refractivity contribution < 1.29 is 39.9 Å². The number of amides is 1. The van der Waals surface area contributed by atoms with Crippen LogP contribution in [0.1, 0.15) is 35.7 Å². The summed E-state index contributed by atoms with van der Waals surface area (Å²) in [5.41, 5.74) is 0.623. The van der Waals surface area contributed by atoms with E-state index in [0.29, 0.717) is 17.1 Å². The number of hydrogen-bond acceptors (Lipinski definition) is 5. The fourth-order valence-corrected chi connectivity index (χ4v) is 5.05. The summed E-state index contributed by atoms with van der Waals surface area (Å²) in [5.74, 6) is -3.14. The molecule has 41 heavy (non-hydrogen) atoms. The van der Waals surface area contributed by atoms with Gasteiger partial charge in [-0.25, -0.2) is 17.2 Å². The molecule has 1 aliphatic heterocycles. The average molecular weight is 598 g/mol. The summed E-state index contributed by atoms with van der Waals surface area (Å²) in [6.07, 6.45) is -5.21. The molecular formula is C28H28F5N3O4S. The van der Waals surface area contributed by atoms with Crippen molar-refractivity contribution in [2.75, 3.05) is 40.9 Å². The molecule has 4 rings (SSSR count). The number of carbonyl (C=O) groups is 1. The van der Waals surface area contributed by atoms with Crippen molar-refractivity contribution in [1.82, 2.24) is 0 Å². The Kier molecular flexibility index (Phi) is 8.48. The van der Waals surface area contributed by atoms with Crippen LogP contribution in [0.2, 0.25) is 0 Å². The van der Waals surface area contributed by atoms with Gasteiger partial charge in [0.2, 0.25) is 10.0 Å². The molecule has 3 aromatic rings. The molecule has 1 fully saturated rings. The van der Waals surface area contributed by atoms with E-state index >= 15 is 0 Å². The van der Waals surface area contributed by atoms with Gasteiger partial charge in [0.1, 0.15) is 5.75 Å². The maximum absolute atomic E-state index is 13.7. The van der Waals surface area contributed by atoms with E-state index in [2.05, 4.69) is 10.0 Å². The van der Waals surface area contributed by atoms with Crippen molar-refractivity contribution in [3.05, 3.63) is 71.8 Å². The van der Waals surface area contributed by atoms with Gasteiger partial charge in [-0.15, -0.1) is 0 Å². The molecule has 1 aliphatic rings. The number of methoxy groups -OCH3 is 1. The molecule has 0 aliphatic carbocycles. The number of ether oxygens (including phenoxy) is 1. The first-order valence-electron chi connectivity index (χ1n) is 12.7. The van der Waals surface area contributed by atoms with Crippen LogP contribution in [0, 0.1) is 0 Å². The van der Waals surface area contributed by atoms with Gasteiger partial charge in [0.05, 0.1) is 24.1 Å². The number of piperidine rings is 1. The third-order valence-corrected chi connectivity index (χ3v) is 8.02. The van der Waals surface area contributed by atoms with E-state index in [9.17, 15) is 35.2 Å². The van der Waals surface area contributed by atoms with Gasteiger partial charge in [-0.1, -0.05) is 12.1 Å². The summed E-state index contributed by atoms with van der Waals surface area (Å²) in [4.78, 5) is 15.2.